The fourth-order valence-electron chi connectivity index (χ4n) is 2.15. The molecular formula is C11H21N6+. The number of nitrogens with zero attached hydrogens (tertiary/aromatic N) is 5. The van der Waals surface area contributed by atoms with Crippen molar-refractivity contribution in [1.82, 2.24) is 14.8 Å². The number of fused-ring (bicyclic) bond motifs is 1. The number of anilines is 1. The highest BCUT2D eigenvalue weighted by Gasteiger charge is 2.35. The van der Waals surface area contributed by atoms with Gasteiger partial charge in [-0.15, -0.1) is 0 Å². The van der Waals surface area contributed by atoms with Crippen molar-refractivity contribution in [2.45, 2.75) is 6.29 Å². The van der Waals surface area contributed by atoms with Crippen molar-refractivity contribution in [2.75, 3.05) is 40.1 Å². The van der Waals surface area contributed by atoms with E-state index < -0.39 is 0 Å². The van der Waals surface area contributed by atoms with E-state index in [9.17, 15) is 0 Å². The first-order valence-corrected chi connectivity index (χ1v) is 5.65. The summed E-state index contributed by atoms with van der Waals surface area (Å²) in [6.07, 6.45) is 1.98. The highest BCUT2D eigenvalue weighted by atomic mass is 15.5. The van der Waals surface area contributed by atoms with E-state index in [1.54, 1.807) is 0 Å². The van der Waals surface area contributed by atoms with E-state index in [-0.39, 0.29) is 6.29 Å². The molecule has 17 heavy (non-hydrogen) atoms. The lowest BCUT2D eigenvalue weighted by Gasteiger charge is -2.34. The number of aromatic nitrogens is 2. The predicted octanol–water partition coefficient (Wildman–Crippen LogP) is -0.558. The second kappa shape index (κ2) is 4.03. The van der Waals surface area contributed by atoms with Crippen molar-refractivity contribution in [1.29, 1.82) is 0 Å². The third kappa shape index (κ3) is 1.78. The Hall–Kier alpha value is -1.56. The van der Waals surface area contributed by atoms with Crippen molar-refractivity contribution in [3.8, 4) is 0 Å². The molecule has 0 aromatic carbocycles. The van der Waals surface area contributed by atoms with Crippen molar-refractivity contribution in [3.63, 3.8) is 0 Å². The highest BCUT2D eigenvalue weighted by molar-refractivity contribution is 6.01. The maximum atomic E-state index is 4.79. The van der Waals surface area contributed by atoms with E-state index in [0.717, 1.165) is 17.3 Å². The van der Waals surface area contributed by atoms with Crippen LogP contribution in [0.1, 0.15) is 5.69 Å². The van der Waals surface area contributed by atoms with Crippen LogP contribution in [-0.2, 0) is 7.05 Å². The third-order valence-corrected chi connectivity index (χ3v) is 3.01. The Morgan fingerprint density at radius 3 is 2.53 bits per heavy atom. The molecule has 0 aliphatic carbocycles. The average Bonchev–Trinajstić information content (AvgIpc) is 2.61. The van der Waals surface area contributed by atoms with Crippen molar-refractivity contribution in [3.05, 3.63) is 12.0 Å². The van der Waals surface area contributed by atoms with Crippen molar-refractivity contribution < 1.29 is 4.57 Å². The van der Waals surface area contributed by atoms with Crippen LogP contribution in [0.5, 0.6) is 0 Å². The van der Waals surface area contributed by atoms with Gasteiger partial charge in [-0.1, -0.05) is 0 Å². The van der Waals surface area contributed by atoms with Gasteiger partial charge in [-0.05, 0) is 14.1 Å². The minimum Gasteiger partial charge on any atom is -0.359 e. The molecule has 94 valence electrons. The molecule has 0 saturated carbocycles. The maximum Gasteiger partial charge on any atom is 0.249 e. The van der Waals surface area contributed by atoms with Crippen LogP contribution in [0, 0.1) is 0 Å². The Morgan fingerprint density at radius 1 is 1.35 bits per heavy atom. The molecule has 0 spiro atoms. The summed E-state index contributed by atoms with van der Waals surface area (Å²) < 4.78 is 2.07. The minimum absolute atomic E-state index is 0.0264. The predicted molar refractivity (Wildman–Crippen MR) is 68.1 cm³/mol. The number of aromatic amines is 1. The standard InChI is InChI=1S/C11H20N6/c1-14(2)10-8-9(12-7-16(8)5)17(6)11(13-10)15(3)4/h7,11H,1-6H3/p+1. The van der Waals surface area contributed by atoms with Crippen LogP contribution in [0.15, 0.2) is 11.3 Å². The SMILES string of the molecule is CN(C)C1=NC(N(C)C)N(C)c2[nH]c[n+](C)c21. The van der Waals surface area contributed by atoms with Crippen LogP contribution in [0.2, 0.25) is 0 Å². The fraction of sp³-hybridized carbons (Fsp3) is 0.636. The summed E-state index contributed by atoms with van der Waals surface area (Å²) in [7, 11) is 12.2. The second-order valence-electron chi connectivity index (χ2n) is 4.85. The molecule has 1 aliphatic rings. The molecule has 2 heterocycles. The summed E-state index contributed by atoms with van der Waals surface area (Å²) in [5.74, 6) is 2.10. The number of rotatable bonds is 1. The molecule has 6 heteroatoms. The second-order valence-corrected chi connectivity index (χ2v) is 4.85. The molecule has 0 bridgehead atoms. The summed E-state index contributed by atoms with van der Waals surface area (Å²) in [5, 5.41) is 0. The van der Waals surface area contributed by atoms with Gasteiger partial charge in [0.15, 0.2) is 12.1 Å². The summed E-state index contributed by atoms with van der Waals surface area (Å²) in [4.78, 5) is 14.4. The van der Waals surface area contributed by atoms with Crippen molar-refractivity contribution >= 4 is 11.7 Å². The van der Waals surface area contributed by atoms with Gasteiger partial charge >= 0.3 is 0 Å². The number of nitrogens with one attached hydrogen (secondary N) is 1. The Balaban J connectivity index is 2.55. The molecule has 1 N–H and O–H groups in total. The Morgan fingerprint density at radius 2 is 2.00 bits per heavy atom. The topological polar surface area (TPSA) is 41.8 Å². The van der Waals surface area contributed by atoms with Gasteiger partial charge in [0.1, 0.15) is 0 Å². The minimum atomic E-state index is 0.0264. The van der Waals surface area contributed by atoms with Gasteiger partial charge in [-0.3, -0.25) is 4.90 Å². The Bertz CT molecular complexity index is 445. The number of imidazole rings is 1. The molecule has 0 radical (unpaired) electrons. The zero-order valence-electron chi connectivity index (χ0n) is 11.4. The smallest absolute Gasteiger partial charge is 0.249 e. The molecule has 6 nitrogen and oxygen atoms in total. The quantitative estimate of drug-likeness (QED) is 0.666. The molecule has 1 aromatic rings. The molecular weight excluding hydrogens is 216 g/mol. The first kappa shape index (κ1) is 11.9. The zero-order chi connectivity index (χ0) is 12.7. The lowest BCUT2D eigenvalue weighted by atomic mass is 10.3. The van der Waals surface area contributed by atoms with Crippen LogP contribution in [0.4, 0.5) is 5.82 Å². The fourth-order valence-corrected chi connectivity index (χ4v) is 2.15. The van der Waals surface area contributed by atoms with Gasteiger partial charge in [0.05, 0.1) is 7.05 Å². The van der Waals surface area contributed by atoms with Gasteiger partial charge in [0.25, 0.3) is 0 Å². The molecule has 1 atom stereocenters. The molecule has 2 rings (SSSR count). The lowest BCUT2D eigenvalue weighted by molar-refractivity contribution is -0.671. The van der Waals surface area contributed by atoms with Crippen LogP contribution in [-0.4, -0.2) is 62.1 Å². The summed E-state index contributed by atoms with van der Waals surface area (Å²) in [6.45, 7) is 0. The molecule has 0 fully saturated rings. The van der Waals surface area contributed by atoms with E-state index in [0.29, 0.717) is 0 Å². The zero-order valence-corrected chi connectivity index (χ0v) is 11.4. The van der Waals surface area contributed by atoms with Gasteiger partial charge < -0.3 is 9.80 Å². The van der Waals surface area contributed by atoms with E-state index in [1.807, 2.05) is 41.6 Å². The summed E-state index contributed by atoms with van der Waals surface area (Å²) in [6, 6.07) is 0. The van der Waals surface area contributed by atoms with E-state index in [4.69, 9.17) is 4.99 Å². The van der Waals surface area contributed by atoms with Crippen LogP contribution >= 0.6 is 0 Å². The van der Waals surface area contributed by atoms with Crippen LogP contribution < -0.4 is 9.47 Å². The molecule has 1 unspecified atom stereocenters. The number of hydrogen-bond acceptors (Lipinski definition) is 4. The molecule has 0 amide bonds. The number of aryl methyl sites for hydroxylation is 1. The number of aliphatic imine (C=N–C) groups is 1. The van der Waals surface area contributed by atoms with E-state index >= 15 is 0 Å². The van der Waals surface area contributed by atoms with Crippen molar-refractivity contribution in [2.24, 2.45) is 12.0 Å². The maximum absolute atomic E-state index is 4.79. The number of amidine groups is 1. The van der Waals surface area contributed by atoms with Gasteiger partial charge in [0, 0.05) is 21.1 Å². The highest BCUT2D eigenvalue weighted by Crippen LogP contribution is 2.23. The average molecular weight is 237 g/mol. The molecule has 1 aromatic heterocycles. The number of hydrogen-bond donors (Lipinski definition) is 1. The van der Waals surface area contributed by atoms with Gasteiger partial charge in [0.2, 0.25) is 17.8 Å². The number of H-pyrrole nitrogens is 1. The monoisotopic (exact) mass is 237 g/mol. The molecule has 1 aliphatic heterocycles. The Kier molecular flexibility index (Phi) is 2.82. The molecule has 0 saturated heterocycles. The summed E-state index contributed by atoms with van der Waals surface area (Å²) in [5.41, 5.74) is 1.12. The van der Waals surface area contributed by atoms with Crippen LogP contribution in [0.25, 0.3) is 0 Å². The van der Waals surface area contributed by atoms with E-state index in [2.05, 4.69) is 31.3 Å². The van der Waals surface area contributed by atoms with Gasteiger partial charge in [-0.25, -0.2) is 14.5 Å². The van der Waals surface area contributed by atoms with E-state index in [1.165, 1.54) is 0 Å². The van der Waals surface area contributed by atoms with Crippen LogP contribution in [0.3, 0.4) is 0 Å². The third-order valence-electron chi connectivity index (χ3n) is 3.01. The van der Waals surface area contributed by atoms with Gasteiger partial charge in [-0.2, -0.15) is 0 Å². The largest absolute Gasteiger partial charge is 0.359 e. The summed E-state index contributed by atoms with van der Waals surface area (Å²) >= 11 is 0. The Labute approximate surface area is 102 Å². The normalized spacial score (nSPS) is 19.4. The first-order chi connectivity index (χ1) is 7.93. The first-order valence-electron chi connectivity index (χ1n) is 5.65. The lowest BCUT2D eigenvalue weighted by Crippen LogP contribution is -2.50.